The first-order valence-corrected chi connectivity index (χ1v) is 15.4. The van der Waals surface area contributed by atoms with E-state index in [0.717, 1.165) is 32.1 Å². The molecule has 3 N–H and O–H groups in total. The molecule has 0 unspecified atom stereocenters. The van der Waals surface area contributed by atoms with Gasteiger partial charge in [0, 0.05) is 13.1 Å². The van der Waals surface area contributed by atoms with E-state index in [1.807, 2.05) is 27.7 Å². The van der Waals surface area contributed by atoms with Gasteiger partial charge in [-0.2, -0.15) is 0 Å². The maximum absolute atomic E-state index is 14.2. The molecule has 6 atom stereocenters. The summed E-state index contributed by atoms with van der Waals surface area (Å²) < 4.78 is 5.56. The van der Waals surface area contributed by atoms with E-state index in [1.165, 1.54) is 6.08 Å². The Kier molecular flexibility index (Phi) is 11.0. The van der Waals surface area contributed by atoms with Crippen LogP contribution in [0.15, 0.2) is 12.7 Å². The number of hydrogen-bond acceptors (Lipinski definition) is 6. The van der Waals surface area contributed by atoms with Crippen LogP contribution in [0.25, 0.3) is 0 Å². The highest BCUT2D eigenvalue weighted by Crippen LogP contribution is 2.65. The molecule has 2 saturated carbocycles. The molecule has 3 fully saturated rings. The number of piperidine rings is 1. The number of ether oxygens (including phenoxy) is 1. The Morgan fingerprint density at radius 3 is 2.29 bits per heavy atom. The molecule has 3 rings (SSSR count). The van der Waals surface area contributed by atoms with Crippen LogP contribution >= 0.6 is 0 Å². The number of carbonyl (C=O) groups is 5. The Morgan fingerprint density at radius 1 is 1.05 bits per heavy atom. The van der Waals surface area contributed by atoms with E-state index in [4.69, 9.17) is 4.74 Å². The molecule has 0 aromatic rings. The molecule has 230 valence electrons. The summed E-state index contributed by atoms with van der Waals surface area (Å²) in [5.74, 6) is -2.05. The molecule has 0 aromatic heterocycles. The van der Waals surface area contributed by atoms with Crippen LogP contribution in [0.2, 0.25) is 0 Å². The van der Waals surface area contributed by atoms with E-state index >= 15 is 0 Å². The minimum atomic E-state index is -0.991. The normalized spacial score (nSPS) is 25.3. The molecule has 0 radical (unpaired) electrons. The summed E-state index contributed by atoms with van der Waals surface area (Å²) in [6.45, 7) is 15.9. The second kappa shape index (κ2) is 13.8. The van der Waals surface area contributed by atoms with Gasteiger partial charge in [-0.15, -0.1) is 6.58 Å². The minimum absolute atomic E-state index is 0.0465. The zero-order valence-electron chi connectivity index (χ0n) is 25.7. The van der Waals surface area contributed by atoms with Gasteiger partial charge in [0.2, 0.25) is 17.6 Å². The van der Waals surface area contributed by atoms with Crippen molar-refractivity contribution in [3.05, 3.63) is 12.7 Å². The summed E-state index contributed by atoms with van der Waals surface area (Å²) in [4.78, 5) is 67.8. The number of ketones is 1. The lowest BCUT2D eigenvalue weighted by molar-refractivity contribution is -0.145. The summed E-state index contributed by atoms with van der Waals surface area (Å²) in [7, 11) is 0. The van der Waals surface area contributed by atoms with Gasteiger partial charge >= 0.3 is 6.09 Å². The molecule has 1 aliphatic heterocycles. The number of rotatable bonds is 13. The number of fused-ring (bicyclic) bond motifs is 1. The van der Waals surface area contributed by atoms with Gasteiger partial charge in [0.1, 0.15) is 18.2 Å². The lowest BCUT2D eigenvalue weighted by Crippen LogP contribution is -2.59. The number of amides is 4. The summed E-state index contributed by atoms with van der Waals surface area (Å²) >= 11 is 0. The van der Waals surface area contributed by atoms with E-state index in [1.54, 1.807) is 4.90 Å². The van der Waals surface area contributed by atoms with Crippen LogP contribution in [-0.2, 0) is 23.9 Å². The van der Waals surface area contributed by atoms with Crippen LogP contribution < -0.4 is 16.0 Å². The van der Waals surface area contributed by atoms with Gasteiger partial charge in [-0.05, 0) is 55.3 Å². The van der Waals surface area contributed by atoms with Crippen molar-refractivity contribution in [2.45, 2.75) is 111 Å². The average Bonchev–Trinajstić information content (AvgIpc) is 3.25. The number of Topliss-reactive ketones (excluding diaryl/α,β-unsaturated/α-hetero) is 1. The number of carbonyl (C=O) groups excluding carboxylic acids is 5. The molecule has 1 saturated heterocycles. The molecule has 1 heterocycles. The number of likely N-dealkylation sites (tertiary alicyclic amines) is 1. The predicted molar refractivity (Wildman–Crippen MR) is 156 cm³/mol. The summed E-state index contributed by atoms with van der Waals surface area (Å²) in [5, 5.41) is 8.17. The Bertz CT molecular complexity index is 1000. The van der Waals surface area contributed by atoms with Crippen LogP contribution in [0.4, 0.5) is 4.79 Å². The number of nitrogens with zero attached hydrogens (tertiary/aromatic N) is 1. The lowest BCUT2D eigenvalue weighted by Gasteiger charge is -2.37. The van der Waals surface area contributed by atoms with Crippen LogP contribution in [0.3, 0.4) is 0 Å². The predicted octanol–water partition coefficient (Wildman–Crippen LogP) is 3.35. The van der Waals surface area contributed by atoms with Crippen molar-refractivity contribution in [3.63, 3.8) is 0 Å². The Labute approximate surface area is 244 Å². The third-order valence-electron chi connectivity index (χ3n) is 9.49. The Morgan fingerprint density at radius 2 is 1.71 bits per heavy atom. The molecular weight excluding hydrogens is 524 g/mol. The quantitative estimate of drug-likeness (QED) is 0.228. The fourth-order valence-electron chi connectivity index (χ4n) is 6.53. The van der Waals surface area contributed by atoms with E-state index in [2.05, 4.69) is 36.4 Å². The van der Waals surface area contributed by atoms with Crippen molar-refractivity contribution >= 4 is 29.6 Å². The third-order valence-corrected chi connectivity index (χ3v) is 9.49. The summed E-state index contributed by atoms with van der Waals surface area (Å²) in [6.07, 6.45) is 6.09. The van der Waals surface area contributed by atoms with E-state index < -0.39 is 41.8 Å². The minimum Gasteiger partial charge on any atom is -0.446 e. The molecule has 0 spiro atoms. The van der Waals surface area contributed by atoms with Gasteiger partial charge in [-0.1, -0.05) is 66.4 Å². The number of alkyl carbamates (subject to hydrolysis) is 1. The van der Waals surface area contributed by atoms with E-state index in [-0.39, 0.29) is 47.6 Å². The van der Waals surface area contributed by atoms with Crippen molar-refractivity contribution < 1.29 is 28.7 Å². The van der Waals surface area contributed by atoms with Gasteiger partial charge in [-0.25, -0.2) is 4.79 Å². The van der Waals surface area contributed by atoms with Crippen LogP contribution in [0, 0.1) is 29.1 Å². The lowest BCUT2D eigenvalue weighted by atomic mass is 9.83. The van der Waals surface area contributed by atoms with Crippen LogP contribution in [-0.4, -0.2) is 71.8 Å². The topological polar surface area (TPSA) is 134 Å². The van der Waals surface area contributed by atoms with Crippen molar-refractivity contribution in [2.24, 2.45) is 29.1 Å². The second-order valence-electron chi connectivity index (χ2n) is 13.0. The zero-order chi connectivity index (χ0) is 30.5. The average molecular weight is 575 g/mol. The fraction of sp³-hybridized carbons (Fsp3) is 0.774. The van der Waals surface area contributed by atoms with Gasteiger partial charge < -0.3 is 25.6 Å². The van der Waals surface area contributed by atoms with E-state index in [0.29, 0.717) is 19.4 Å². The first kappa shape index (κ1) is 32.6. The molecule has 0 aromatic carbocycles. The largest absolute Gasteiger partial charge is 0.446 e. The summed E-state index contributed by atoms with van der Waals surface area (Å²) in [5.41, 5.74) is -0.135. The first-order chi connectivity index (χ1) is 19.3. The third kappa shape index (κ3) is 7.49. The van der Waals surface area contributed by atoms with Gasteiger partial charge in [0.25, 0.3) is 5.91 Å². The SMILES string of the molecule is C=CCNC(=O)C(=O)[C@@H](CCC)NC(=O)[C@@H]1[C@@H]2[C@H](CN1C(=O)[C@@H](NC(=O)O[C@H](C)C(C)C)C1CCCCC1)C2(C)C. The Hall–Kier alpha value is -2.91. The Balaban J connectivity index is 1.83. The molecule has 4 amide bonds. The number of nitrogens with one attached hydrogen (secondary N) is 3. The van der Waals surface area contributed by atoms with Gasteiger partial charge in [0.15, 0.2) is 0 Å². The maximum Gasteiger partial charge on any atom is 0.408 e. The fourth-order valence-corrected chi connectivity index (χ4v) is 6.53. The molecule has 41 heavy (non-hydrogen) atoms. The monoisotopic (exact) mass is 574 g/mol. The zero-order valence-corrected chi connectivity index (χ0v) is 25.7. The van der Waals surface area contributed by atoms with Gasteiger partial charge in [0.05, 0.1) is 6.04 Å². The van der Waals surface area contributed by atoms with Crippen molar-refractivity contribution in [3.8, 4) is 0 Å². The smallest absolute Gasteiger partial charge is 0.408 e. The highest BCUT2D eigenvalue weighted by atomic mass is 16.6. The molecule has 10 nitrogen and oxygen atoms in total. The van der Waals surface area contributed by atoms with Crippen molar-refractivity contribution in [2.75, 3.05) is 13.1 Å². The standard InChI is InChI=1S/C31H50N4O6/c1-8-13-22(26(36)28(38)32-16-9-2)33-27(37)25-23-21(31(23,6)7)17-35(25)29(39)24(20-14-11-10-12-15-20)34-30(40)41-19(5)18(3)4/h9,18-25H,2,8,10-17H2,1,3-7H3,(H,32,38)(H,33,37)(H,34,40)/t19-,21+,22-,23+,24+,25+/m1/s1. The molecule has 2 aliphatic carbocycles. The molecule has 10 heteroatoms. The van der Waals surface area contributed by atoms with Crippen LogP contribution in [0.1, 0.15) is 86.5 Å². The highest BCUT2D eigenvalue weighted by Gasteiger charge is 2.69. The summed E-state index contributed by atoms with van der Waals surface area (Å²) in [6, 6.07) is -2.57. The molecule has 0 bridgehead atoms. The number of hydrogen-bond donors (Lipinski definition) is 3. The second-order valence-corrected chi connectivity index (χ2v) is 13.0. The highest BCUT2D eigenvalue weighted by molar-refractivity contribution is 6.38. The van der Waals surface area contributed by atoms with Gasteiger partial charge in [-0.3, -0.25) is 19.2 Å². The first-order valence-electron chi connectivity index (χ1n) is 15.4. The van der Waals surface area contributed by atoms with Crippen molar-refractivity contribution in [1.82, 2.24) is 20.9 Å². The molecule has 3 aliphatic rings. The van der Waals surface area contributed by atoms with Crippen molar-refractivity contribution in [1.29, 1.82) is 0 Å². The van der Waals surface area contributed by atoms with E-state index in [9.17, 15) is 24.0 Å². The maximum atomic E-state index is 14.2. The molecular formula is C31H50N4O6. The van der Waals surface area contributed by atoms with Crippen LogP contribution in [0.5, 0.6) is 0 Å².